The van der Waals surface area contributed by atoms with Crippen LogP contribution in [0, 0.1) is 0 Å². The third kappa shape index (κ3) is 3.48. The van der Waals surface area contributed by atoms with Gasteiger partial charge in [0.25, 0.3) is 0 Å². The van der Waals surface area contributed by atoms with Crippen LogP contribution in [0.1, 0.15) is 18.5 Å². The van der Waals surface area contributed by atoms with E-state index in [1.54, 1.807) is 6.20 Å². The van der Waals surface area contributed by atoms with Gasteiger partial charge in [0.2, 0.25) is 17.7 Å². The molecule has 24 heavy (non-hydrogen) atoms. The van der Waals surface area contributed by atoms with Crippen molar-refractivity contribution in [1.82, 2.24) is 20.6 Å². The molecule has 0 bridgehead atoms. The summed E-state index contributed by atoms with van der Waals surface area (Å²) in [7, 11) is 0. The zero-order valence-electron chi connectivity index (χ0n) is 12.9. The number of nitrogens with one attached hydrogen (secondary N) is 2. The monoisotopic (exact) mass is 327 g/mol. The zero-order chi connectivity index (χ0) is 17.1. The van der Waals surface area contributed by atoms with Gasteiger partial charge >= 0.3 is 0 Å². The topological polar surface area (TPSA) is 127 Å². The van der Waals surface area contributed by atoms with Crippen molar-refractivity contribution in [2.75, 3.05) is 0 Å². The number of carbonyl (C=O) groups excluding carboxylic acids is 3. The molecule has 4 N–H and O–H groups in total. The van der Waals surface area contributed by atoms with Gasteiger partial charge in [0.05, 0.1) is 16.7 Å². The van der Waals surface area contributed by atoms with Crippen molar-refractivity contribution >= 4 is 28.8 Å². The van der Waals surface area contributed by atoms with Crippen LogP contribution in [0.25, 0.3) is 11.0 Å². The molecule has 8 nitrogen and oxygen atoms in total. The number of aromatic nitrogens is 2. The summed E-state index contributed by atoms with van der Waals surface area (Å²) in [6.07, 6.45) is 2.41. The minimum absolute atomic E-state index is 0.138. The van der Waals surface area contributed by atoms with Crippen LogP contribution >= 0.6 is 0 Å². The average Bonchev–Trinajstić information content (AvgIpc) is 3.00. The Morgan fingerprint density at radius 3 is 2.75 bits per heavy atom. The SMILES string of the molecule is NC(=O)[C@@H](Cc1cnc2ccccc2n1)NC(=O)[C@@H]1CCC(=O)N1. The lowest BCUT2D eigenvalue weighted by Crippen LogP contribution is -2.51. The van der Waals surface area contributed by atoms with E-state index in [1.165, 1.54) is 0 Å². The van der Waals surface area contributed by atoms with Gasteiger partial charge in [-0.2, -0.15) is 0 Å². The van der Waals surface area contributed by atoms with Gasteiger partial charge in [-0.15, -0.1) is 0 Å². The highest BCUT2D eigenvalue weighted by atomic mass is 16.2. The van der Waals surface area contributed by atoms with Gasteiger partial charge < -0.3 is 16.4 Å². The van der Waals surface area contributed by atoms with Crippen molar-refractivity contribution < 1.29 is 14.4 Å². The first-order valence-electron chi connectivity index (χ1n) is 7.62. The maximum atomic E-state index is 12.1. The zero-order valence-corrected chi connectivity index (χ0v) is 12.9. The van der Waals surface area contributed by atoms with Gasteiger partial charge in [0.1, 0.15) is 12.1 Å². The van der Waals surface area contributed by atoms with Crippen molar-refractivity contribution in [3.8, 4) is 0 Å². The highest BCUT2D eigenvalue weighted by Crippen LogP contribution is 2.11. The van der Waals surface area contributed by atoms with Gasteiger partial charge in [-0.05, 0) is 18.6 Å². The van der Waals surface area contributed by atoms with E-state index in [0.29, 0.717) is 24.1 Å². The fourth-order valence-electron chi connectivity index (χ4n) is 2.61. The molecule has 1 fully saturated rings. The second kappa shape index (κ2) is 6.61. The van der Waals surface area contributed by atoms with E-state index in [9.17, 15) is 14.4 Å². The molecular formula is C16H17N5O3. The van der Waals surface area contributed by atoms with Crippen molar-refractivity contribution in [3.05, 3.63) is 36.2 Å². The molecule has 2 aromatic rings. The molecule has 1 aliphatic rings. The van der Waals surface area contributed by atoms with E-state index in [0.717, 1.165) is 5.52 Å². The number of carbonyl (C=O) groups is 3. The van der Waals surface area contributed by atoms with Gasteiger partial charge in [0, 0.05) is 19.0 Å². The molecule has 0 saturated carbocycles. The standard InChI is InChI=1S/C16H17N5O3/c17-15(23)13(21-16(24)12-5-6-14(22)20-12)7-9-8-18-10-3-1-2-4-11(10)19-9/h1-4,8,12-13H,5-7H2,(H2,17,23)(H,20,22)(H,21,24)/t12-,13+/m0/s1. The predicted octanol–water partition coefficient (Wildman–Crippen LogP) is -0.579. The lowest BCUT2D eigenvalue weighted by molar-refractivity contribution is -0.129. The molecule has 0 aliphatic carbocycles. The predicted molar refractivity (Wildman–Crippen MR) is 85.5 cm³/mol. The van der Waals surface area contributed by atoms with Gasteiger partial charge in [-0.1, -0.05) is 12.1 Å². The quantitative estimate of drug-likeness (QED) is 0.677. The normalized spacial score (nSPS) is 18.2. The van der Waals surface area contributed by atoms with Gasteiger partial charge in [-0.25, -0.2) is 4.98 Å². The van der Waals surface area contributed by atoms with Crippen LogP contribution < -0.4 is 16.4 Å². The maximum absolute atomic E-state index is 12.1. The molecule has 3 rings (SSSR count). The van der Waals surface area contributed by atoms with Gasteiger partial charge in [-0.3, -0.25) is 19.4 Å². The van der Waals surface area contributed by atoms with Crippen LogP contribution in [0.2, 0.25) is 0 Å². The first kappa shape index (κ1) is 15.9. The van der Waals surface area contributed by atoms with Crippen LogP contribution in [0.15, 0.2) is 30.5 Å². The van der Waals surface area contributed by atoms with Crippen LogP contribution in [-0.4, -0.2) is 39.8 Å². The second-order valence-electron chi connectivity index (χ2n) is 5.68. The van der Waals surface area contributed by atoms with Crippen molar-refractivity contribution in [2.45, 2.75) is 31.3 Å². The van der Waals surface area contributed by atoms with Crippen LogP contribution in [0.4, 0.5) is 0 Å². The Balaban J connectivity index is 1.72. The van der Waals surface area contributed by atoms with Crippen molar-refractivity contribution in [3.63, 3.8) is 0 Å². The molecule has 8 heteroatoms. The molecule has 1 aromatic carbocycles. The third-order valence-corrected chi connectivity index (χ3v) is 3.88. The first-order valence-corrected chi connectivity index (χ1v) is 7.62. The summed E-state index contributed by atoms with van der Waals surface area (Å²) in [5, 5.41) is 5.13. The van der Waals surface area contributed by atoms with Gasteiger partial charge in [0.15, 0.2) is 0 Å². The fraction of sp³-hybridized carbons (Fsp3) is 0.312. The number of primary amides is 1. The number of benzene rings is 1. The molecule has 1 saturated heterocycles. The second-order valence-corrected chi connectivity index (χ2v) is 5.68. The van der Waals surface area contributed by atoms with E-state index in [2.05, 4.69) is 20.6 Å². The number of hydrogen-bond donors (Lipinski definition) is 3. The molecule has 124 valence electrons. The summed E-state index contributed by atoms with van der Waals surface area (Å²) in [6.45, 7) is 0. The summed E-state index contributed by atoms with van der Waals surface area (Å²) >= 11 is 0. The highest BCUT2D eigenvalue weighted by molar-refractivity contribution is 5.93. The van der Waals surface area contributed by atoms with E-state index >= 15 is 0 Å². The van der Waals surface area contributed by atoms with Crippen molar-refractivity contribution in [2.24, 2.45) is 5.73 Å². The minimum atomic E-state index is -0.912. The van der Waals surface area contributed by atoms with Crippen LogP contribution in [0.5, 0.6) is 0 Å². The summed E-state index contributed by atoms with van der Waals surface area (Å²) in [4.78, 5) is 43.7. The van der Waals surface area contributed by atoms with E-state index < -0.39 is 23.9 Å². The minimum Gasteiger partial charge on any atom is -0.368 e. The van der Waals surface area contributed by atoms with E-state index in [1.807, 2.05) is 24.3 Å². The molecular weight excluding hydrogens is 310 g/mol. The number of nitrogens with zero attached hydrogens (tertiary/aromatic N) is 2. The summed E-state index contributed by atoms with van der Waals surface area (Å²) in [5.41, 5.74) is 7.38. The molecule has 1 aromatic heterocycles. The summed E-state index contributed by atoms with van der Waals surface area (Å²) in [6, 6.07) is 5.82. The number of fused-ring (bicyclic) bond motifs is 1. The highest BCUT2D eigenvalue weighted by Gasteiger charge is 2.30. The third-order valence-electron chi connectivity index (χ3n) is 3.88. The first-order chi connectivity index (χ1) is 11.5. The number of hydrogen-bond acceptors (Lipinski definition) is 5. The summed E-state index contributed by atoms with van der Waals surface area (Å²) in [5.74, 6) is -1.26. The molecule has 0 radical (unpaired) electrons. The van der Waals surface area contributed by atoms with Crippen LogP contribution in [-0.2, 0) is 20.8 Å². The maximum Gasteiger partial charge on any atom is 0.243 e. The number of amides is 3. The fourth-order valence-corrected chi connectivity index (χ4v) is 2.61. The largest absolute Gasteiger partial charge is 0.368 e. The number of rotatable bonds is 5. The molecule has 2 heterocycles. The van der Waals surface area contributed by atoms with Crippen molar-refractivity contribution in [1.29, 1.82) is 0 Å². The molecule has 1 aliphatic heterocycles. The Morgan fingerprint density at radius 1 is 1.33 bits per heavy atom. The average molecular weight is 327 g/mol. The summed E-state index contributed by atoms with van der Waals surface area (Å²) < 4.78 is 0. The Kier molecular flexibility index (Phi) is 4.37. The lowest BCUT2D eigenvalue weighted by Gasteiger charge is -2.18. The lowest BCUT2D eigenvalue weighted by atomic mass is 10.1. The van der Waals surface area contributed by atoms with E-state index in [-0.39, 0.29) is 12.3 Å². The number of nitrogens with two attached hydrogens (primary N) is 1. The van der Waals surface area contributed by atoms with Crippen LogP contribution in [0.3, 0.4) is 0 Å². The Bertz CT molecular complexity index is 807. The smallest absolute Gasteiger partial charge is 0.243 e. The Hall–Kier alpha value is -3.03. The Morgan fingerprint density at radius 2 is 2.08 bits per heavy atom. The Labute approximate surface area is 137 Å². The molecule has 2 atom stereocenters. The molecule has 0 unspecified atom stereocenters. The molecule has 0 spiro atoms. The molecule has 3 amide bonds. The van der Waals surface area contributed by atoms with E-state index in [4.69, 9.17) is 5.73 Å². The number of para-hydroxylation sites is 2.